The molecule has 2 aliphatic rings. The monoisotopic (exact) mass is 535 g/mol. The van der Waals surface area contributed by atoms with Gasteiger partial charge < -0.3 is 24.7 Å². The zero-order valence-electron chi connectivity index (χ0n) is 21.7. The van der Waals surface area contributed by atoms with Crippen molar-refractivity contribution < 1.29 is 18.3 Å². The van der Waals surface area contributed by atoms with Crippen molar-refractivity contribution in [2.75, 3.05) is 68.5 Å². The SMILES string of the molecule is COC(=O)c1cc(F)cc(N2CCN(C[C@@H]3CCCN(c4nc(N)n5nc(-c6ccco6)nc5n4)C3)CC2)c1. The molecule has 204 valence electrons. The van der Waals surface area contributed by atoms with Gasteiger partial charge in [0.2, 0.25) is 17.7 Å². The predicted octanol–water partition coefficient (Wildman–Crippen LogP) is 2.33. The van der Waals surface area contributed by atoms with Gasteiger partial charge in [-0.25, -0.2) is 9.18 Å². The van der Waals surface area contributed by atoms with Crippen LogP contribution in [-0.2, 0) is 4.74 Å². The Bertz CT molecular complexity index is 1470. The van der Waals surface area contributed by atoms with Crippen LogP contribution >= 0.6 is 0 Å². The molecule has 0 aliphatic carbocycles. The summed E-state index contributed by atoms with van der Waals surface area (Å²) in [5, 5.41) is 4.37. The number of hydrogen-bond acceptors (Lipinski definition) is 11. The van der Waals surface area contributed by atoms with Crippen molar-refractivity contribution >= 4 is 29.3 Å². The molecule has 39 heavy (non-hydrogen) atoms. The molecule has 3 aromatic heterocycles. The minimum atomic E-state index is -0.539. The summed E-state index contributed by atoms with van der Waals surface area (Å²) in [5.74, 6) is 1.59. The van der Waals surface area contributed by atoms with Crippen LogP contribution in [0.4, 0.5) is 22.0 Å². The third-order valence-corrected chi connectivity index (χ3v) is 7.32. The van der Waals surface area contributed by atoms with Crippen LogP contribution in [0.2, 0.25) is 0 Å². The number of aromatic nitrogens is 5. The standard InChI is InChI=1S/C26H30FN9O3/c1-38-23(37)18-12-19(27)14-20(13-18)34-9-7-33(8-10-34)15-17-4-2-6-35(16-17)25-30-24(28)36-26(31-25)29-22(32-36)21-5-3-11-39-21/h3,5,11-14,17H,2,4,6-10,15-16H2,1H3,(H2,28,29,30,31,32)/t17-/m0/s1. The van der Waals surface area contributed by atoms with Gasteiger partial charge in [0.25, 0.3) is 5.78 Å². The summed E-state index contributed by atoms with van der Waals surface area (Å²) in [6.07, 6.45) is 3.72. The molecule has 2 N–H and O–H groups in total. The summed E-state index contributed by atoms with van der Waals surface area (Å²) < 4.78 is 25.7. The number of nitrogens with two attached hydrogens (primary N) is 1. The molecular formula is C26H30FN9O3. The van der Waals surface area contributed by atoms with Crippen LogP contribution in [0.1, 0.15) is 23.2 Å². The highest BCUT2D eigenvalue weighted by molar-refractivity contribution is 5.90. The Hall–Kier alpha value is -4.26. The number of fused-ring (bicyclic) bond motifs is 1. The van der Waals surface area contributed by atoms with Crippen LogP contribution < -0.4 is 15.5 Å². The van der Waals surface area contributed by atoms with Crippen LogP contribution in [0.3, 0.4) is 0 Å². The number of nitrogen functional groups attached to an aromatic ring is 1. The highest BCUT2D eigenvalue weighted by Crippen LogP contribution is 2.25. The Labute approximate surface area is 224 Å². The molecule has 2 saturated heterocycles. The van der Waals surface area contributed by atoms with Gasteiger partial charge in [0.15, 0.2) is 5.76 Å². The first-order chi connectivity index (χ1) is 19.0. The average molecular weight is 536 g/mol. The van der Waals surface area contributed by atoms with Gasteiger partial charge in [0, 0.05) is 51.5 Å². The minimum Gasteiger partial charge on any atom is -0.465 e. The lowest BCUT2D eigenvalue weighted by Crippen LogP contribution is -2.50. The molecule has 1 atom stereocenters. The lowest BCUT2D eigenvalue weighted by Gasteiger charge is -2.40. The van der Waals surface area contributed by atoms with Crippen molar-refractivity contribution in [3.05, 3.63) is 48.0 Å². The fourth-order valence-corrected chi connectivity index (χ4v) is 5.39. The van der Waals surface area contributed by atoms with E-state index >= 15 is 0 Å². The third kappa shape index (κ3) is 5.21. The Balaban J connectivity index is 1.09. The van der Waals surface area contributed by atoms with Gasteiger partial charge in [-0.15, -0.1) is 5.10 Å². The lowest BCUT2D eigenvalue weighted by atomic mass is 9.97. The van der Waals surface area contributed by atoms with E-state index in [4.69, 9.17) is 14.9 Å². The molecule has 0 spiro atoms. The molecule has 5 heterocycles. The van der Waals surface area contributed by atoms with E-state index in [9.17, 15) is 9.18 Å². The number of nitrogens with zero attached hydrogens (tertiary/aromatic N) is 8. The summed E-state index contributed by atoms with van der Waals surface area (Å²) in [7, 11) is 1.30. The number of esters is 1. The number of rotatable bonds is 6. The molecule has 0 radical (unpaired) electrons. The number of piperidine rings is 1. The van der Waals surface area contributed by atoms with E-state index in [1.165, 1.54) is 23.8 Å². The molecule has 13 heteroatoms. The first-order valence-electron chi connectivity index (χ1n) is 13.0. The number of ether oxygens (including phenoxy) is 1. The highest BCUT2D eigenvalue weighted by atomic mass is 19.1. The van der Waals surface area contributed by atoms with Crippen LogP contribution in [0, 0.1) is 11.7 Å². The molecule has 2 aliphatic heterocycles. The van der Waals surface area contributed by atoms with E-state index in [0.717, 1.165) is 58.7 Å². The summed E-state index contributed by atoms with van der Waals surface area (Å²) in [5.41, 5.74) is 7.13. The minimum absolute atomic E-state index is 0.224. The Kier molecular flexibility index (Phi) is 6.73. The molecule has 12 nitrogen and oxygen atoms in total. The van der Waals surface area contributed by atoms with Crippen molar-refractivity contribution in [3.63, 3.8) is 0 Å². The smallest absolute Gasteiger partial charge is 0.338 e. The van der Waals surface area contributed by atoms with Gasteiger partial charge >= 0.3 is 5.97 Å². The van der Waals surface area contributed by atoms with Gasteiger partial charge in [0.1, 0.15) is 5.82 Å². The maximum atomic E-state index is 14.1. The number of carbonyl (C=O) groups is 1. The largest absolute Gasteiger partial charge is 0.465 e. The van der Waals surface area contributed by atoms with Gasteiger partial charge in [-0.2, -0.15) is 19.5 Å². The second-order valence-corrected chi connectivity index (χ2v) is 9.94. The highest BCUT2D eigenvalue weighted by Gasteiger charge is 2.27. The lowest BCUT2D eigenvalue weighted by molar-refractivity contribution is 0.0600. The van der Waals surface area contributed by atoms with E-state index in [2.05, 4.69) is 34.8 Å². The second kappa shape index (κ2) is 10.5. The van der Waals surface area contributed by atoms with Crippen molar-refractivity contribution in [2.24, 2.45) is 5.92 Å². The maximum Gasteiger partial charge on any atom is 0.338 e. The number of benzene rings is 1. The van der Waals surface area contributed by atoms with Crippen LogP contribution in [0.5, 0.6) is 0 Å². The molecule has 0 saturated carbocycles. The van der Waals surface area contributed by atoms with Crippen molar-refractivity contribution in [2.45, 2.75) is 12.8 Å². The first-order valence-corrected chi connectivity index (χ1v) is 13.0. The quantitative estimate of drug-likeness (QED) is 0.365. The van der Waals surface area contributed by atoms with Gasteiger partial charge in [0.05, 0.1) is 18.9 Å². The average Bonchev–Trinajstić information content (AvgIpc) is 3.63. The van der Waals surface area contributed by atoms with Crippen molar-refractivity contribution in [1.82, 2.24) is 29.5 Å². The topological polar surface area (TPSA) is 131 Å². The third-order valence-electron chi connectivity index (χ3n) is 7.32. The zero-order valence-corrected chi connectivity index (χ0v) is 21.7. The van der Waals surface area contributed by atoms with Crippen LogP contribution in [0.25, 0.3) is 17.4 Å². The second-order valence-electron chi connectivity index (χ2n) is 9.94. The fraction of sp³-hybridized carbons (Fsp3) is 0.423. The summed E-state index contributed by atoms with van der Waals surface area (Å²) >= 11 is 0. The molecule has 1 aromatic carbocycles. The number of carbonyl (C=O) groups excluding carboxylic acids is 1. The molecule has 0 amide bonds. The van der Waals surface area contributed by atoms with E-state index in [0.29, 0.717) is 34.9 Å². The van der Waals surface area contributed by atoms with Crippen molar-refractivity contribution in [3.8, 4) is 11.6 Å². The Morgan fingerprint density at radius 1 is 1.13 bits per heavy atom. The maximum absolute atomic E-state index is 14.1. The van der Waals surface area contributed by atoms with Crippen LogP contribution in [-0.4, -0.2) is 88.4 Å². The summed E-state index contributed by atoms with van der Waals surface area (Å²) in [6, 6.07) is 7.93. The van der Waals surface area contributed by atoms with Gasteiger partial charge in [-0.1, -0.05) is 0 Å². The molecular weight excluding hydrogens is 505 g/mol. The Morgan fingerprint density at radius 2 is 1.97 bits per heavy atom. The van der Waals surface area contributed by atoms with E-state index in [-0.39, 0.29) is 11.5 Å². The molecule has 6 rings (SSSR count). The van der Waals surface area contributed by atoms with Crippen molar-refractivity contribution in [1.29, 1.82) is 0 Å². The van der Waals surface area contributed by atoms with Gasteiger partial charge in [-0.3, -0.25) is 4.90 Å². The number of hydrogen-bond donors (Lipinski definition) is 1. The van der Waals surface area contributed by atoms with Crippen LogP contribution in [0.15, 0.2) is 41.0 Å². The summed E-state index contributed by atoms with van der Waals surface area (Å²) in [4.78, 5) is 32.3. The fourth-order valence-electron chi connectivity index (χ4n) is 5.39. The van der Waals surface area contributed by atoms with Gasteiger partial charge in [-0.05, 0) is 49.1 Å². The molecule has 0 bridgehead atoms. The number of anilines is 3. The summed E-state index contributed by atoms with van der Waals surface area (Å²) in [6.45, 7) is 5.83. The predicted molar refractivity (Wildman–Crippen MR) is 142 cm³/mol. The van der Waals surface area contributed by atoms with E-state index < -0.39 is 11.8 Å². The number of methoxy groups -OCH3 is 1. The molecule has 2 fully saturated rings. The van der Waals surface area contributed by atoms with E-state index in [1.807, 2.05) is 0 Å². The Morgan fingerprint density at radius 3 is 2.74 bits per heavy atom. The number of halogens is 1. The normalized spacial score (nSPS) is 18.6. The molecule has 0 unspecified atom stereocenters. The van der Waals surface area contributed by atoms with E-state index in [1.54, 1.807) is 24.5 Å². The first kappa shape index (κ1) is 25.0. The zero-order chi connectivity index (χ0) is 26.9. The number of furan rings is 1. The number of piperazine rings is 1. The molecule has 4 aromatic rings.